The SMILES string of the molecule is O=C(O)C1(NCC2CC2)CCN2CCCCC21. The van der Waals surface area contributed by atoms with E-state index in [-0.39, 0.29) is 6.04 Å². The average Bonchev–Trinajstić information content (AvgIpc) is 3.08. The molecule has 2 aliphatic heterocycles. The van der Waals surface area contributed by atoms with E-state index < -0.39 is 11.5 Å². The minimum atomic E-state index is -0.650. The Morgan fingerprint density at radius 2 is 2.12 bits per heavy atom. The molecule has 0 aromatic rings. The van der Waals surface area contributed by atoms with Gasteiger partial charge in [0.25, 0.3) is 0 Å². The Labute approximate surface area is 102 Å². The number of aliphatic carboxylic acids is 1. The maximum absolute atomic E-state index is 11.7. The molecule has 0 spiro atoms. The summed E-state index contributed by atoms with van der Waals surface area (Å²) in [4.78, 5) is 14.1. The highest BCUT2D eigenvalue weighted by Crippen LogP contribution is 2.37. The summed E-state index contributed by atoms with van der Waals surface area (Å²) in [5.74, 6) is 0.108. The Kier molecular flexibility index (Phi) is 2.87. The fourth-order valence-corrected chi connectivity index (χ4v) is 3.48. The van der Waals surface area contributed by atoms with Crippen LogP contribution in [0.1, 0.15) is 38.5 Å². The lowest BCUT2D eigenvalue weighted by molar-refractivity contribution is -0.146. The Morgan fingerprint density at radius 1 is 1.29 bits per heavy atom. The van der Waals surface area contributed by atoms with Gasteiger partial charge in [-0.25, -0.2) is 0 Å². The maximum atomic E-state index is 11.7. The van der Waals surface area contributed by atoms with Crippen molar-refractivity contribution in [3.05, 3.63) is 0 Å². The summed E-state index contributed by atoms with van der Waals surface area (Å²) in [6, 6.07) is 0.229. The van der Waals surface area contributed by atoms with Gasteiger partial charge in [-0.3, -0.25) is 9.69 Å². The molecular formula is C13H22N2O2. The molecule has 96 valence electrons. The third kappa shape index (κ3) is 1.97. The van der Waals surface area contributed by atoms with E-state index in [2.05, 4.69) is 10.2 Å². The zero-order chi connectivity index (χ0) is 11.9. The molecule has 0 radical (unpaired) electrons. The number of carbonyl (C=O) groups is 1. The Hall–Kier alpha value is -0.610. The van der Waals surface area contributed by atoms with Crippen molar-refractivity contribution in [1.29, 1.82) is 0 Å². The maximum Gasteiger partial charge on any atom is 0.325 e. The van der Waals surface area contributed by atoms with Gasteiger partial charge in [0.05, 0.1) is 0 Å². The van der Waals surface area contributed by atoms with Crippen molar-refractivity contribution in [3.8, 4) is 0 Å². The Morgan fingerprint density at radius 3 is 2.82 bits per heavy atom. The largest absolute Gasteiger partial charge is 0.480 e. The van der Waals surface area contributed by atoms with Crippen molar-refractivity contribution < 1.29 is 9.90 Å². The Bertz CT molecular complexity index is 317. The van der Waals surface area contributed by atoms with Crippen LogP contribution in [0.25, 0.3) is 0 Å². The number of carboxylic acids is 1. The van der Waals surface area contributed by atoms with Crippen LogP contribution in [0.3, 0.4) is 0 Å². The molecule has 3 aliphatic rings. The van der Waals surface area contributed by atoms with Gasteiger partial charge in [-0.05, 0) is 51.1 Å². The van der Waals surface area contributed by atoms with E-state index in [1.807, 2.05) is 0 Å². The van der Waals surface area contributed by atoms with Crippen LogP contribution in [0.5, 0.6) is 0 Å². The number of nitrogens with zero attached hydrogens (tertiary/aromatic N) is 1. The monoisotopic (exact) mass is 238 g/mol. The first-order chi connectivity index (χ1) is 8.22. The number of carboxylic acid groups (broad SMARTS) is 1. The fraction of sp³-hybridized carbons (Fsp3) is 0.923. The second kappa shape index (κ2) is 4.25. The molecule has 4 nitrogen and oxygen atoms in total. The molecule has 1 aliphatic carbocycles. The average molecular weight is 238 g/mol. The van der Waals surface area contributed by atoms with Crippen molar-refractivity contribution in [2.45, 2.75) is 50.1 Å². The number of rotatable bonds is 4. The number of fused-ring (bicyclic) bond motifs is 1. The van der Waals surface area contributed by atoms with Crippen LogP contribution in [-0.2, 0) is 4.79 Å². The highest BCUT2D eigenvalue weighted by molar-refractivity contribution is 5.80. The number of hydrogen-bond acceptors (Lipinski definition) is 3. The van der Waals surface area contributed by atoms with E-state index in [0.717, 1.165) is 38.4 Å². The summed E-state index contributed by atoms with van der Waals surface area (Å²) >= 11 is 0. The van der Waals surface area contributed by atoms with Gasteiger partial charge in [0.1, 0.15) is 5.54 Å². The molecule has 0 bridgehead atoms. The predicted octanol–water partition coefficient (Wildman–Crippen LogP) is 1.07. The lowest BCUT2D eigenvalue weighted by atomic mass is 9.85. The lowest BCUT2D eigenvalue weighted by Crippen LogP contribution is -2.61. The molecule has 3 fully saturated rings. The lowest BCUT2D eigenvalue weighted by Gasteiger charge is -2.38. The summed E-state index contributed by atoms with van der Waals surface area (Å²) in [6.07, 6.45) is 6.79. The minimum absolute atomic E-state index is 0.229. The summed E-state index contributed by atoms with van der Waals surface area (Å²) in [5, 5.41) is 13.1. The van der Waals surface area contributed by atoms with Crippen molar-refractivity contribution in [2.75, 3.05) is 19.6 Å². The minimum Gasteiger partial charge on any atom is -0.480 e. The second-order valence-corrected chi connectivity index (χ2v) is 5.90. The molecule has 2 unspecified atom stereocenters. The summed E-state index contributed by atoms with van der Waals surface area (Å²) in [7, 11) is 0. The van der Waals surface area contributed by atoms with E-state index in [9.17, 15) is 9.90 Å². The first kappa shape index (κ1) is 11.5. The Balaban J connectivity index is 1.75. The van der Waals surface area contributed by atoms with E-state index >= 15 is 0 Å². The first-order valence-corrected chi connectivity index (χ1v) is 6.95. The van der Waals surface area contributed by atoms with Crippen molar-refractivity contribution in [1.82, 2.24) is 10.2 Å². The molecule has 0 amide bonds. The molecule has 3 rings (SSSR count). The molecule has 0 aromatic heterocycles. The van der Waals surface area contributed by atoms with Gasteiger partial charge in [-0.2, -0.15) is 0 Å². The van der Waals surface area contributed by atoms with Crippen LogP contribution in [0.15, 0.2) is 0 Å². The first-order valence-electron chi connectivity index (χ1n) is 6.95. The quantitative estimate of drug-likeness (QED) is 0.769. The van der Waals surface area contributed by atoms with E-state index in [0.29, 0.717) is 0 Å². The molecule has 2 heterocycles. The van der Waals surface area contributed by atoms with Crippen molar-refractivity contribution >= 4 is 5.97 Å². The van der Waals surface area contributed by atoms with Crippen molar-refractivity contribution in [2.24, 2.45) is 5.92 Å². The van der Waals surface area contributed by atoms with Gasteiger partial charge in [0, 0.05) is 12.6 Å². The molecule has 2 N–H and O–H groups in total. The molecule has 1 saturated carbocycles. The highest BCUT2D eigenvalue weighted by Gasteiger charge is 2.53. The zero-order valence-corrected chi connectivity index (χ0v) is 10.3. The van der Waals surface area contributed by atoms with Crippen LogP contribution in [0.2, 0.25) is 0 Å². The fourth-order valence-electron chi connectivity index (χ4n) is 3.48. The van der Waals surface area contributed by atoms with Crippen LogP contribution < -0.4 is 5.32 Å². The van der Waals surface area contributed by atoms with Gasteiger partial charge in [-0.1, -0.05) is 6.42 Å². The molecule has 2 saturated heterocycles. The van der Waals surface area contributed by atoms with Crippen molar-refractivity contribution in [3.63, 3.8) is 0 Å². The standard InChI is InChI=1S/C13H22N2O2/c16-12(17)13(14-9-10-4-5-10)6-8-15-7-2-1-3-11(13)15/h10-11,14H,1-9H2,(H,16,17). The van der Waals surface area contributed by atoms with Gasteiger partial charge < -0.3 is 10.4 Å². The van der Waals surface area contributed by atoms with E-state index in [4.69, 9.17) is 0 Å². The molecule has 2 atom stereocenters. The topological polar surface area (TPSA) is 52.6 Å². The molecule has 17 heavy (non-hydrogen) atoms. The molecular weight excluding hydrogens is 216 g/mol. The molecule has 4 heteroatoms. The van der Waals surface area contributed by atoms with Crippen LogP contribution in [0.4, 0.5) is 0 Å². The summed E-state index contributed by atoms with van der Waals surface area (Å²) < 4.78 is 0. The third-order valence-electron chi connectivity index (χ3n) is 4.76. The summed E-state index contributed by atoms with van der Waals surface area (Å²) in [6.45, 7) is 2.94. The number of nitrogens with one attached hydrogen (secondary N) is 1. The summed E-state index contributed by atoms with van der Waals surface area (Å²) in [5.41, 5.74) is -0.650. The normalized spacial score (nSPS) is 38.0. The zero-order valence-electron chi connectivity index (χ0n) is 10.3. The van der Waals surface area contributed by atoms with Gasteiger partial charge in [-0.15, -0.1) is 0 Å². The third-order valence-corrected chi connectivity index (χ3v) is 4.76. The van der Waals surface area contributed by atoms with Crippen LogP contribution in [-0.4, -0.2) is 47.2 Å². The van der Waals surface area contributed by atoms with Gasteiger partial charge >= 0.3 is 5.97 Å². The van der Waals surface area contributed by atoms with Gasteiger partial charge in [0.2, 0.25) is 0 Å². The second-order valence-electron chi connectivity index (χ2n) is 5.90. The smallest absolute Gasteiger partial charge is 0.325 e. The van der Waals surface area contributed by atoms with Crippen LogP contribution in [0, 0.1) is 5.92 Å². The van der Waals surface area contributed by atoms with Crippen LogP contribution >= 0.6 is 0 Å². The van der Waals surface area contributed by atoms with Gasteiger partial charge in [0.15, 0.2) is 0 Å². The number of piperidine rings is 1. The molecule has 0 aromatic carbocycles. The highest BCUT2D eigenvalue weighted by atomic mass is 16.4. The van der Waals surface area contributed by atoms with E-state index in [1.165, 1.54) is 25.7 Å². The predicted molar refractivity (Wildman–Crippen MR) is 64.9 cm³/mol. The van der Waals surface area contributed by atoms with E-state index in [1.54, 1.807) is 0 Å². The number of hydrogen-bond donors (Lipinski definition) is 2.